The molecule has 4 aromatic heterocycles. The minimum Gasteiger partial charge on any atom is -0.756 e. The predicted molar refractivity (Wildman–Crippen MR) is 150 cm³/mol. The fourth-order valence-corrected chi connectivity index (χ4v) is 7.84. The van der Waals surface area contributed by atoms with E-state index in [1.54, 1.807) is 6.92 Å². The first-order chi connectivity index (χ1) is 22.2. The Hall–Kier alpha value is -3.60. The molecule has 0 aliphatic carbocycles. The third-order valence-corrected chi connectivity index (χ3v) is 9.93. The number of ether oxygens (including phenoxy) is 2. The molecule has 0 amide bonds. The molecule has 4 aromatic rings. The Morgan fingerprint density at radius 1 is 0.872 bits per heavy atom. The van der Waals surface area contributed by atoms with Crippen LogP contribution in [0.25, 0.3) is 22.3 Å². The van der Waals surface area contributed by atoms with Gasteiger partial charge in [-0.1, -0.05) is 6.92 Å². The van der Waals surface area contributed by atoms with Gasteiger partial charge < -0.3 is 53.9 Å². The van der Waals surface area contributed by atoms with Gasteiger partial charge in [-0.05, 0) is 0 Å². The predicted octanol–water partition coefficient (Wildman–Crippen LogP) is -2.65. The molecule has 4 unspecified atom stereocenters. The average molecular weight is 700 g/mol. The molecule has 0 saturated carbocycles. The standard InChI is InChI=1S/C22H28N10O13P2/c1-7-13-8(42-19(7)31-5-25-10-15(31)27-21(23)29-17(10)34)2-3-40-46(36,37)45-14-9(4-41-47(38,39)44-13)43-20(12(14)33)32-6-26-11-16(32)28-22(24)30-18(11)35/h5-9,12-14,19-20,33H,2-4H2,1H3,(H,36,37)(H,38,39)(H3,23,27,29,34)(H3,24,28,30,35)/p-2/t7-,8+,9-,12-,13?,14?,19+,20+/m0/s1. The largest absolute Gasteiger partial charge is 0.756 e. The molecule has 7 rings (SSSR count). The molecule has 3 saturated heterocycles. The zero-order valence-electron chi connectivity index (χ0n) is 24.0. The van der Waals surface area contributed by atoms with Crippen LogP contribution in [0, 0.1) is 5.92 Å². The molecule has 7 N–H and O–H groups in total. The van der Waals surface area contributed by atoms with Gasteiger partial charge in [-0.3, -0.25) is 37.8 Å². The lowest BCUT2D eigenvalue weighted by molar-refractivity contribution is -0.236. The summed E-state index contributed by atoms with van der Waals surface area (Å²) in [6.45, 7) is 0.160. The number of imidazole rings is 2. The first-order valence-corrected chi connectivity index (χ1v) is 16.8. The minimum absolute atomic E-state index is 0.0509. The first kappa shape index (κ1) is 32.0. The van der Waals surface area contributed by atoms with Crippen LogP contribution in [0.4, 0.5) is 11.9 Å². The smallest absolute Gasteiger partial charge is 0.280 e. The SMILES string of the molecule is C[C@H]1C2OP(=O)([O-])OC[C@@H]3O[C@@H](n4cnc5c(=O)[nH]c(N)nc54)[C@@H](O)C3OP(=O)([O-])OCC[C@H]2O[C@H]1n1cnc2c(=O)[nH]c(N)nc21. The Balaban J connectivity index is 1.17. The van der Waals surface area contributed by atoms with Crippen LogP contribution in [-0.2, 0) is 36.7 Å². The maximum Gasteiger partial charge on any atom is 0.280 e. The zero-order chi connectivity index (χ0) is 33.4. The van der Waals surface area contributed by atoms with Crippen LogP contribution in [0.1, 0.15) is 25.8 Å². The Morgan fingerprint density at radius 2 is 1.40 bits per heavy atom. The van der Waals surface area contributed by atoms with E-state index in [0.717, 1.165) is 10.9 Å². The van der Waals surface area contributed by atoms with Crippen molar-refractivity contribution in [2.24, 2.45) is 5.92 Å². The van der Waals surface area contributed by atoms with Crippen LogP contribution < -0.4 is 32.4 Å². The summed E-state index contributed by atoms with van der Waals surface area (Å²) in [6, 6.07) is 0. The van der Waals surface area contributed by atoms with E-state index < -0.39 is 88.9 Å². The molecule has 7 heterocycles. The van der Waals surface area contributed by atoms with E-state index in [1.165, 1.54) is 10.9 Å². The lowest BCUT2D eigenvalue weighted by Crippen LogP contribution is -2.37. The normalized spacial score (nSPS) is 36.9. The summed E-state index contributed by atoms with van der Waals surface area (Å²) in [6.07, 6.45) is -7.77. The van der Waals surface area contributed by atoms with Crippen LogP contribution in [0.5, 0.6) is 0 Å². The number of rotatable bonds is 2. The van der Waals surface area contributed by atoms with Crippen molar-refractivity contribution in [3.8, 4) is 0 Å². The lowest BCUT2D eigenvalue weighted by Gasteiger charge is -2.31. The summed E-state index contributed by atoms with van der Waals surface area (Å²) >= 11 is 0. The van der Waals surface area contributed by atoms with E-state index in [2.05, 4.69) is 29.9 Å². The topological polar surface area (TPSA) is 335 Å². The van der Waals surface area contributed by atoms with Crippen molar-refractivity contribution in [3.63, 3.8) is 0 Å². The van der Waals surface area contributed by atoms with E-state index in [-0.39, 0.29) is 40.6 Å². The van der Waals surface area contributed by atoms with E-state index in [9.17, 15) is 33.6 Å². The molecular formula is C22H26N10O13P2-2. The maximum atomic E-state index is 13.2. The van der Waals surface area contributed by atoms with Gasteiger partial charge >= 0.3 is 0 Å². The van der Waals surface area contributed by atoms with Gasteiger partial charge in [0.05, 0.1) is 38.1 Å². The van der Waals surface area contributed by atoms with Gasteiger partial charge in [-0.15, -0.1) is 0 Å². The van der Waals surface area contributed by atoms with E-state index in [0.29, 0.717) is 0 Å². The van der Waals surface area contributed by atoms with Crippen molar-refractivity contribution in [1.82, 2.24) is 39.0 Å². The summed E-state index contributed by atoms with van der Waals surface area (Å²) in [5.74, 6) is -1.24. The Kier molecular flexibility index (Phi) is 7.84. The van der Waals surface area contributed by atoms with Gasteiger partial charge in [0.1, 0.15) is 24.5 Å². The summed E-state index contributed by atoms with van der Waals surface area (Å²) in [5, 5.41) is 11.1. The molecule has 0 aromatic carbocycles. The minimum atomic E-state index is -5.20. The highest BCUT2D eigenvalue weighted by atomic mass is 31.2. The first-order valence-electron chi connectivity index (χ1n) is 13.9. The molecule has 254 valence electrons. The van der Waals surface area contributed by atoms with Gasteiger partial charge in [0.25, 0.3) is 26.8 Å². The number of aliphatic hydroxyl groups excluding tert-OH is 1. The van der Waals surface area contributed by atoms with Crippen molar-refractivity contribution in [2.75, 3.05) is 24.7 Å². The van der Waals surface area contributed by atoms with Crippen molar-refractivity contribution < 1.29 is 51.6 Å². The van der Waals surface area contributed by atoms with Crippen molar-refractivity contribution in [2.45, 2.75) is 56.3 Å². The molecule has 0 bridgehead atoms. The number of nitrogens with zero attached hydrogens (tertiary/aromatic N) is 6. The van der Waals surface area contributed by atoms with Crippen LogP contribution >= 0.6 is 15.6 Å². The Labute approximate surface area is 261 Å². The van der Waals surface area contributed by atoms with E-state index >= 15 is 0 Å². The monoisotopic (exact) mass is 700 g/mol. The summed E-state index contributed by atoms with van der Waals surface area (Å²) in [7, 11) is -10.4. The molecule has 23 nitrogen and oxygen atoms in total. The summed E-state index contributed by atoms with van der Waals surface area (Å²) < 4.78 is 61.2. The maximum absolute atomic E-state index is 13.2. The molecular weight excluding hydrogens is 674 g/mol. The fraction of sp³-hybridized carbons (Fsp3) is 0.545. The molecule has 3 fully saturated rings. The number of H-pyrrole nitrogens is 2. The molecule has 3 aliphatic rings. The van der Waals surface area contributed by atoms with Gasteiger partial charge in [-0.2, -0.15) is 9.97 Å². The van der Waals surface area contributed by atoms with Crippen molar-refractivity contribution in [3.05, 3.63) is 33.4 Å². The number of nitrogens with two attached hydrogens (primary N) is 2. The fourth-order valence-electron chi connectivity index (χ4n) is 5.87. The molecule has 47 heavy (non-hydrogen) atoms. The van der Waals surface area contributed by atoms with Crippen LogP contribution in [0.15, 0.2) is 22.2 Å². The number of anilines is 2. The number of nitrogen functional groups attached to an aromatic ring is 2. The van der Waals surface area contributed by atoms with E-state index in [4.69, 9.17) is 39.0 Å². The van der Waals surface area contributed by atoms with Gasteiger partial charge in [0.2, 0.25) is 11.9 Å². The van der Waals surface area contributed by atoms with Crippen LogP contribution in [0.2, 0.25) is 0 Å². The van der Waals surface area contributed by atoms with Gasteiger partial charge in [0.15, 0.2) is 28.6 Å². The van der Waals surface area contributed by atoms with Crippen molar-refractivity contribution in [1.29, 1.82) is 0 Å². The highest BCUT2D eigenvalue weighted by Crippen LogP contribution is 2.51. The van der Waals surface area contributed by atoms with E-state index in [1.807, 2.05) is 0 Å². The number of aliphatic hydroxyl groups is 1. The molecule has 10 atom stereocenters. The number of phosphoric ester groups is 2. The quantitative estimate of drug-likeness (QED) is 0.133. The summed E-state index contributed by atoms with van der Waals surface area (Å²) in [4.78, 5) is 71.3. The second kappa shape index (κ2) is 11.5. The molecule has 0 spiro atoms. The lowest BCUT2D eigenvalue weighted by atomic mass is 10.0. The summed E-state index contributed by atoms with van der Waals surface area (Å²) in [5.41, 5.74) is 9.76. The second-order valence-corrected chi connectivity index (χ2v) is 13.7. The second-order valence-electron chi connectivity index (χ2n) is 11.0. The third-order valence-electron chi connectivity index (χ3n) is 7.96. The molecule has 3 aliphatic heterocycles. The number of phosphoric acid groups is 2. The number of hydrogen-bond acceptors (Lipinski definition) is 19. The Bertz CT molecular complexity index is 2070. The molecule has 0 radical (unpaired) electrons. The number of aromatic nitrogens is 8. The highest BCUT2D eigenvalue weighted by molar-refractivity contribution is 7.46. The average Bonchev–Trinajstić information content (AvgIpc) is 3.73. The molecule has 25 heteroatoms. The third kappa shape index (κ3) is 5.78. The highest BCUT2D eigenvalue weighted by Gasteiger charge is 2.50. The zero-order valence-corrected chi connectivity index (χ0v) is 25.8. The van der Waals surface area contributed by atoms with Crippen molar-refractivity contribution >= 4 is 49.9 Å². The number of fused-ring (bicyclic) bond motifs is 4. The Morgan fingerprint density at radius 3 is 2.02 bits per heavy atom. The van der Waals surface area contributed by atoms with Crippen LogP contribution in [-0.4, -0.2) is 87.9 Å². The number of aromatic amines is 2. The number of nitrogens with one attached hydrogen (secondary N) is 2. The van der Waals surface area contributed by atoms with Gasteiger partial charge in [-0.25, -0.2) is 9.97 Å². The van der Waals surface area contributed by atoms with Crippen LogP contribution in [0.3, 0.4) is 0 Å². The number of hydrogen-bond donors (Lipinski definition) is 5. The van der Waals surface area contributed by atoms with Gasteiger partial charge in [0, 0.05) is 12.3 Å².